The van der Waals surface area contributed by atoms with E-state index in [9.17, 15) is 28.8 Å². The van der Waals surface area contributed by atoms with Gasteiger partial charge in [0, 0.05) is 53.8 Å². The van der Waals surface area contributed by atoms with Crippen LogP contribution in [0.15, 0.2) is 0 Å². The highest BCUT2D eigenvalue weighted by Gasteiger charge is 2.51. The van der Waals surface area contributed by atoms with Gasteiger partial charge in [-0.1, -0.05) is 0 Å². The third-order valence-electron chi connectivity index (χ3n) is 5.27. The molecule has 1 aliphatic rings. The number of carbonyl (C=O) groups excluding carboxylic acids is 6. The normalized spacial score (nSPS) is 22.1. The zero-order chi connectivity index (χ0) is 31.2. The highest BCUT2D eigenvalue weighted by Crippen LogP contribution is 2.28. The van der Waals surface area contributed by atoms with Gasteiger partial charge in [0.1, 0.15) is 24.4 Å². The van der Waals surface area contributed by atoms with Crippen molar-refractivity contribution in [3.63, 3.8) is 0 Å². The summed E-state index contributed by atoms with van der Waals surface area (Å²) >= 11 is 0. The van der Waals surface area contributed by atoms with Gasteiger partial charge in [0.05, 0.1) is 0 Å². The third-order valence-corrected chi connectivity index (χ3v) is 5.27. The number of ether oxygens (including phenoxy) is 6. The Kier molecular flexibility index (Phi) is 15.1. The van der Waals surface area contributed by atoms with Gasteiger partial charge in [-0.05, 0) is 33.6 Å². The highest BCUT2D eigenvalue weighted by atomic mass is 16.7. The van der Waals surface area contributed by atoms with E-state index in [1.165, 1.54) is 13.8 Å². The summed E-state index contributed by atoms with van der Waals surface area (Å²) in [7, 11) is 0. The molecule has 15 nitrogen and oxygen atoms in total. The largest absolute Gasteiger partial charge is 0.463 e. The first-order valence-corrected chi connectivity index (χ1v) is 13.3. The summed E-state index contributed by atoms with van der Waals surface area (Å²) in [4.78, 5) is 70.8. The number of esters is 3. The summed E-state index contributed by atoms with van der Waals surface area (Å²) in [5, 5.41) is 7.85. The van der Waals surface area contributed by atoms with E-state index in [1.807, 2.05) is 0 Å². The van der Waals surface area contributed by atoms with Crippen LogP contribution in [0.25, 0.3) is 0 Å². The number of hydrogen-bond acceptors (Lipinski definition) is 12. The molecule has 0 aromatic rings. The molecule has 3 amide bonds. The summed E-state index contributed by atoms with van der Waals surface area (Å²) in [6, 6.07) is -1.06. The van der Waals surface area contributed by atoms with E-state index in [-0.39, 0.29) is 38.6 Å². The smallest absolute Gasteiger partial charge is 0.407 e. The van der Waals surface area contributed by atoms with Crippen LogP contribution in [0.1, 0.15) is 67.7 Å². The maximum Gasteiger partial charge on any atom is 0.407 e. The topological polar surface area (TPSA) is 194 Å². The first kappa shape index (κ1) is 35.6. The van der Waals surface area contributed by atoms with Crippen LogP contribution in [-0.4, -0.2) is 98.4 Å². The van der Waals surface area contributed by atoms with Crippen molar-refractivity contribution in [2.45, 2.75) is 104 Å². The average Bonchev–Trinajstić information content (AvgIpc) is 2.81. The Balaban J connectivity index is 2.71. The van der Waals surface area contributed by atoms with Crippen LogP contribution in [-0.2, 0) is 52.4 Å². The molecule has 0 bridgehead atoms. The third kappa shape index (κ3) is 15.2. The summed E-state index contributed by atoms with van der Waals surface area (Å²) < 4.78 is 32.7. The molecule has 1 heterocycles. The van der Waals surface area contributed by atoms with E-state index >= 15 is 0 Å². The Labute approximate surface area is 239 Å². The molecule has 234 valence electrons. The van der Waals surface area contributed by atoms with Crippen LogP contribution in [0.3, 0.4) is 0 Å². The molecule has 15 heteroatoms. The second-order valence-corrected chi connectivity index (χ2v) is 10.3. The number of hydrogen-bond donors (Lipinski definition) is 3. The molecule has 3 N–H and O–H groups in total. The fourth-order valence-corrected chi connectivity index (χ4v) is 3.79. The minimum atomic E-state index is -1.21. The lowest BCUT2D eigenvalue weighted by Crippen LogP contribution is -2.66. The maximum atomic E-state index is 12.1. The van der Waals surface area contributed by atoms with Gasteiger partial charge < -0.3 is 44.4 Å². The average molecular weight is 590 g/mol. The fraction of sp³-hybridized carbons (Fsp3) is 0.769. The molecular formula is C26H43N3O12. The highest BCUT2D eigenvalue weighted by molar-refractivity contribution is 5.76. The molecule has 0 saturated carbocycles. The Hall–Kier alpha value is -3.46. The molecule has 1 fully saturated rings. The molecule has 0 aromatic heterocycles. The van der Waals surface area contributed by atoms with Crippen molar-refractivity contribution in [1.29, 1.82) is 0 Å². The number of unbranched alkanes of at least 4 members (excludes halogenated alkanes) is 1. The van der Waals surface area contributed by atoms with Gasteiger partial charge in [-0.25, -0.2) is 4.79 Å². The van der Waals surface area contributed by atoms with E-state index in [4.69, 9.17) is 28.4 Å². The van der Waals surface area contributed by atoms with E-state index in [1.54, 1.807) is 20.8 Å². The predicted molar refractivity (Wildman–Crippen MR) is 141 cm³/mol. The van der Waals surface area contributed by atoms with Gasteiger partial charge >= 0.3 is 24.0 Å². The molecule has 0 aromatic carbocycles. The SMILES string of the molecule is CC(=O)N[C@H]1[C@H](OCCCCC(=O)NCCNC(=O)OC(C)(C)C)O[C@H](COC(C)=O)[C@H](OC(C)=O)[C@@H]1OC(C)=O. The quantitative estimate of drug-likeness (QED) is 0.144. The summed E-state index contributed by atoms with van der Waals surface area (Å²) in [6.07, 6.45) is -4.15. The lowest BCUT2D eigenvalue weighted by Gasteiger charge is -2.44. The van der Waals surface area contributed by atoms with Gasteiger partial charge in [-0.15, -0.1) is 0 Å². The Morgan fingerprint density at radius 1 is 0.805 bits per heavy atom. The van der Waals surface area contributed by atoms with Gasteiger partial charge in [0.25, 0.3) is 0 Å². The molecular weight excluding hydrogens is 546 g/mol. The van der Waals surface area contributed by atoms with E-state index < -0.39 is 66.2 Å². The fourth-order valence-electron chi connectivity index (χ4n) is 3.79. The van der Waals surface area contributed by atoms with Crippen molar-refractivity contribution in [3.8, 4) is 0 Å². The maximum absolute atomic E-state index is 12.1. The van der Waals surface area contributed by atoms with Crippen molar-refractivity contribution < 1.29 is 57.2 Å². The zero-order valence-electron chi connectivity index (χ0n) is 24.7. The first-order chi connectivity index (χ1) is 19.1. The van der Waals surface area contributed by atoms with E-state index in [0.717, 1.165) is 13.8 Å². The Morgan fingerprint density at radius 2 is 1.41 bits per heavy atom. The number of nitrogens with one attached hydrogen (secondary N) is 3. The van der Waals surface area contributed by atoms with E-state index in [2.05, 4.69) is 16.0 Å². The molecule has 41 heavy (non-hydrogen) atoms. The van der Waals surface area contributed by atoms with Gasteiger partial charge in [0.2, 0.25) is 11.8 Å². The van der Waals surface area contributed by atoms with Crippen LogP contribution in [0.4, 0.5) is 4.79 Å². The summed E-state index contributed by atoms with van der Waals surface area (Å²) in [5.74, 6) is -2.73. The number of rotatable bonds is 14. The molecule has 0 radical (unpaired) electrons. The molecule has 0 aliphatic carbocycles. The molecule has 1 rings (SSSR count). The Morgan fingerprint density at radius 3 is 1.98 bits per heavy atom. The predicted octanol–water partition coefficient (Wildman–Crippen LogP) is 0.470. The first-order valence-electron chi connectivity index (χ1n) is 13.3. The van der Waals surface area contributed by atoms with Gasteiger partial charge in [-0.3, -0.25) is 24.0 Å². The second kappa shape index (κ2) is 17.4. The molecule has 1 saturated heterocycles. The summed E-state index contributed by atoms with van der Waals surface area (Å²) in [5.41, 5.74) is -0.616. The van der Waals surface area contributed by atoms with Gasteiger partial charge in [-0.2, -0.15) is 0 Å². The number of alkyl carbamates (subject to hydrolysis) is 1. The van der Waals surface area contributed by atoms with Crippen LogP contribution in [0.2, 0.25) is 0 Å². The second-order valence-electron chi connectivity index (χ2n) is 10.3. The van der Waals surface area contributed by atoms with Crippen LogP contribution >= 0.6 is 0 Å². The number of carbonyl (C=O) groups is 6. The standard InChI is InChI=1S/C26H43N3O12/c1-15(30)29-21-23(39-18(4)33)22(38-17(3)32)19(14-37-16(2)31)40-24(21)36-13-9-8-10-20(34)27-11-12-28-25(35)41-26(5,6)7/h19,21-24H,8-14H2,1-7H3,(H,27,34)(H,28,35)(H,29,30)/t19-,21-,22+,23-,24-/m1/s1. The van der Waals surface area contributed by atoms with E-state index in [0.29, 0.717) is 12.8 Å². The van der Waals surface area contributed by atoms with Crippen LogP contribution in [0, 0.1) is 0 Å². The molecule has 0 spiro atoms. The van der Waals surface area contributed by atoms with Gasteiger partial charge in [0.15, 0.2) is 18.5 Å². The Bertz CT molecular complexity index is 920. The molecule has 1 aliphatic heterocycles. The molecule has 0 unspecified atom stereocenters. The van der Waals surface area contributed by atoms with Crippen molar-refractivity contribution in [2.75, 3.05) is 26.3 Å². The van der Waals surface area contributed by atoms with Crippen LogP contribution in [0.5, 0.6) is 0 Å². The van der Waals surface area contributed by atoms with Crippen molar-refractivity contribution >= 4 is 35.8 Å². The van der Waals surface area contributed by atoms with Crippen molar-refractivity contribution in [1.82, 2.24) is 16.0 Å². The van der Waals surface area contributed by atoms with Crippen LogP contribution < -0.4 is 16.0 Å². The lowest BCUT2D eigenvalue weighted by molar-refractivity contribution is -0.277. The lowest BCUT2D eigenvalue weighted by atomic mass is 9.96. The number of amides is 3. The summed E-state index contributed by atoms with van der Waals surface area (Å²) in [6.45, 7) is 10.2. The van der Waals surface area contributed by atoms with Crippen molar-refractivity contribution in [3.05, 3.63) is 0 Å². The minimum absolute atomic E-state index is 0.0968. The monoisotopic (exact) mass is 589 g/mol. The molecule has 5 atom stereocenters. The minimum Gasteiger partial charge on any atom is -0.463 e. The van der Waals surface area contributed by atoms with Crippen molar-refractivity contribution in [2.24, 2.45) is 0 Å². The zero-order valence-corrected chi connectivity index (χ0v) is 24.7.